The maximum absolute atomic E-state index is 13.6. The molecule has 0 saturated carbocycles. The van der Waals surface area contributed by atoms with Crippen molar-refractivity contribution in [1.29, 1.82) is 5.41 Å². The third kappa shape index (κ3) is 5.55. The van der Waals surface area contributed by atoms with Crippen LogP contribution in [0.25, 0.3) is 11.4 Å². The Bertz CT molecular complexity index is 1450. The van der Waals surface area contributed by atoms with E-state index in [1.54, 1.807) is 19.3 Å². The number of benzene rings is 1. The van der Waals surface area contributed by atoms with Crippen molar-refractivity contribution in [2.24, 2.45) is 0 Å². The Labute approximate surface area is 222 Å². The molecular weight excluding hydrogens is 506 g/mol. The Morgan fingerprint density at radius 2 is 1.92 bits per heavy atom. The molecule has 38 heavy (non-hydrogen) atoms. The van der Waals surface area contributed by atoms with E-state index in [4.69, 9.17) is 10.1 Å². The molecule has 12 heteroatoms. The van der Waals surface area contributed by atoms with Crippen LogP contribution in [0.2, 0.25) is 0 Å². The number of H-pyrrole nitrogens is 1. The van der Waals surface area contributed by atoms with Gasteiger partial charge in [-0.25, -0.2) is 18.4 Å². The van der Waals surface area contributed by atoms with E-state index in [9.17, 15) is 13.2 Å². The molecule has 1 saturated heterocycles. The van der Waals surface area contributed by atoms with Gasteiger partial charge in [-0.3, -0.25) is 4.79 Å². The second kappa shape index (κ2) is 11.7. The number of hydrogen-bond acceptors (Lipinski definition) is 9. The lowest BCUT2D eigenvalue weighted by molar-refractivity contribution is 0.341. The Morgan fingerprint density at radius 3 is 2.55 bits per heavy atom. The van der Waals surface area contributed by atoms with Gasteiger partial charge in [0.15, 0.2) is 0 Å². The zero-order valence-electron chi connectivity index (χ0n) is 21.8. The number of sulfonamides is 1. The summed E-state index contributed by atoms with van der Waals surface area (Å²) < 4.78 is 34.5. The number of anilines is 2. The average molecular weight is 540 g/mol. The summed E-state index contributed by atoms with van der Waals surface area (Å²) in [5, 5.41) is 11.2. The van der Waals surface area contributed by atoms with Gasteiger partial charge in [-0.1, -0.05) is 19.4 Å². The fraction of sp³-hybridized carbons (Fsp3) is 0.385. The molecule has 0 spiro atoms. The van der Waals surface area contributed by atoms with Crippen LogP contribution in [0, 0.1) is 5.41 Å². The molecule has 0 radical (unpaired) electrons. The van der Waals surface area contributed by atoms with Crippen molar-refractivity contribution in [1.82, 2.24) is 19.3 Å². The average Bonchev–Trinajstić information content (AvgIpc) is 2.93. The molecule has 1 aromatic carbocycles. The zero-order chi connectivity index (χ0) is 27.3. The van der Waals surface area contributed by atoms with Crippen molar-refractivity contribution in [2.75, 3.05) is 50.1 Å². The largest absolute Gasteiger partial charge is 0.493 e. The van der Waals surface area contributed by atoms with Crippen LogP contribution in [-0.4, -0.2) is 73.2 Å². The van der Waals surface area contributed by atoms with Gasteiger partial charge in [-0.2, -0.15) is 4.31 Å². The molecule has 3 aromatic rings. The Hall–Kier alpha value is -3.77. The lowest BCUT2D eigenvalue weighted by atomic mass is 10.1. The van der Waals surface area contributed by atoms with Gasteiger partial charge in [0.2, 0.25) is 10.0 Å². The number of ether oxygens (including phenoxy) is 1. The lowest BCUT2D eigenvalue weighted by Gasteiger charge is -2.34. The van der Waals surface area contributed by atoms with Crippen LogP contribution in [0.3, 0.4) is 0 Å². The van der Waals surface area contributed by atoms with Crippen LogP contribution in [0.15, 0.2) is 52.3 Å². The third-order valence-electron chi connectivity index (χ3n) is 6.31. The number of pyridine rings is 1. The van der Waals surface area contributed by atoms with Crippen LogP contribution in [-0.2, 0) is 10.0 Å². The van der Waals surface area contributed by atoms with E-state index in [0.29, 0.717) is 50.5 Å². The number of nitrogens with one attached hydrogen (secondary N) is 3. The summed E-state index contributed by atoms with van der Waals surface area (Å²) in [5.41, 5.74) is 0.533. The van der Waals surface area contributed by atoms with E-state index in [0.717, 1.165) is 12.2 Å². The van der Waals surface area contributed by atoms with Gasteiger partial charge in [-0.05, 0) is 43.7 Å². The smallest absolute Gasteiger partial charge is 0.275 e. The number of rotatable bonds is 10. The van der Waals surface area contributed by atoms with Crippen LogP contribution in [0.1, 0.15) is 32.4 Å². The predicted molar refractivity (Wildman–Crippen MR) is 148 cm³/mol. The molecule has 3 N–H and O–H groups in total. The molecule has 11 nitrogen and oxygen atoms in total. The number of hydrogen-bond donors (Lipinski definition) is 3. The zero-order valence-corrected chi connectivity index (χ0v) is 22.6. The van der Waals surface area contributed by atoms with Crippen molar-refractivity contribution in [3.63, 3.8) is 0 Å². The van der Waals surface area contributed by atoms with Crippen molar-refractivity contribution in [2.45, 2.75) is 31.6 Å². The van der Waals surface area contributed by atoms with E-state index < -0.39 is 15.6 Å². The summed E-state index contributed by atoms with van der Waals surface area (Å²) in [4.78, 5) is 26.7. The highest BCUT2D eigenvalue weighted by molar-refractivity contribution is 7.89. The fourth-order valence-electron chi connectivity index (χ4n) is 4.40. The first-order valence-corrected chi connectivity index (χ1v) is 14.1. The monoisotopic (exact) mass is 539 g/mol. The molecule has 2 aromatic heterocycles. The van der Waals surface area contributed by atoms with Crippen molar-refractivity contribution in [3.8, 4) is 17.1 Å². The molecule has 0 aliphatic carbocycles. The summed E-state index contributed by atoms with van der Waals surface area (Å²) in [6, 6.07) is 10.2. The minimum atomic E-state index is -3.83. The summed E-state index contributed by atoms with van der Waals surface area (Å²) in [7, 11) is -2.23. The molecule has 1 aliphatic rings. The molecule has 1 aliphatic heterocycles. The van der Waals surface area contributed by atoms with Gasteiger partial charge in [0, 0.05) is 39.4 Å². The van der Waals surface area contributed by atoms with Gasteiger partial charge >= 0.3 is 0 Å². The van der Waals surface area contributed by atoms with Crippen molar-refractivity contribution < 1.29 is 13.2 Å². The predicted octanol–water partition coefficient (Wildman–Crippen LogP) is 2.95. The lowest BCUT2D eigenvalue weighted by Crippen LogP contribution is -2.48. The molecule has 4 rings (SSSR count). The second-order valence-corrected chi connectivity index (χ2v) is 10.7. The molecule has 1 fully saturated rings. The number of piperazine rings is 1. The Morgan fingerprint density at radius 1 is 1.16 bits per heavy atom. The molecule has 0 unspecified atom stereocenters. The van der Waals surface area contributed by atoms with Crippen LogP contribution in [0.4, 0.5) is 11.5 Å². The quantitative estimate of drug-likeness (QED) is 0.334. The maximum atomic E-state index is 13.6. The molecule has 0 atom stereocenters. The summed E-state index contributed by atoms with van der Waals surface area (Å²) in [5.74, 6) is 1.35. The van der Waals surface area contributed by atoms with E-state index >= 15 is 0 Å². The number of aromatic nitrogens is 3. The SMILES string of the molecule is CCCC(=N)c1nc(-c2cc(S(=O)(=O)N3CCN(c4ccccn4)CC3)ccc2OCC)[nH]c(=O)c1NC. The first-order chi connectivity index (χ1) is 18.3. The van der Waals surface area contributed by atoms with Crippen LogP contribution in [0.5, 0.6) is 5.75 Å². The first kappa shape index (κ1) is 27.3. The Kier molecular flexibility index (Phi) is 8.42. The van der Waals surface area contributed by atoms with Gasteiger partial charge in [0.1, 0.15) is 28.8 Å². The first-order valence-electron chi connectivity index (χ1n) is 12.6. The van der Waals surface area contributed by atoms with Gasteiger partial charge in [0.25, 0.3) is 5.56 Å². The third-order valence-corrected chi connectivity index (χ3v) is 8.21. The molecule has 0 amide bonds. The Balaban J connectivity index is 1.70. The summed E-state index contributed by atoms with van der Waals surface area (Å²) in [6.45, 7) is 5.76. The molecule has 0 bridgehead atoms. The van der Waals surface area contributed by atoms with Crippen molar-refractivity contribution >= 4 is 27.2 Å². The minimum Gasteiger partial charge on any atom is -0.493 e. The topological polar surface area (TPSA) is 144 Å². The van der Waals surface area contributed by atoms with E-state index in [1.165, 1.54) is 16.4 Å². The second-order valence-electron chi connectivity index (χ2n) is 8.79. The van der Waals surface area contributed by atoms with Crippen LogP contribution < -0.4 is 20.5 Å². The van der Waals surface area contributed by atoms with Crippen molar-refractivity contribution in [3.05, 3.63) is 58.6 Å². The van der Waals surface area contributed by atoms with E-state index in [-0.39, 0.29) is 27.8 Å². The van der Waals surface area contributed by atoms with Gasteiger partial charge < -0.3 is 25.3 Å². The van der Waals surface area contributed by atoms with Gasteiger partial charge in [0.05, 0.1) is 22.8 Å². The molecule has 202 valence electrons. The highest BCUT2D eigenvalue weighted by atomic mass is 32.2. The maximum Gasteiger partial charge on any atom is 0.275 e. The normalized spacial score (nSPS) is 14.3. The van der Waals surface area contributed by atoms with Gasteiger partial charge in [-0.15, -0.1) is 0 Å². The highest BCUT2D eigenvalue weighted by Crippen LogP contribution is 2.32. The molecular formula is C26H33N7O4S. The minimum absolute atomic E-state index is 0.0766. The van der Waals surface area contributed by atoms with Crippen LogP contribution >= 0.6 is 0 Å². The van der Waals surface area contributed by atoms with E-state index in [2.05, 4.69) is 25.2 Å². The summed E-state index contributed by atoms with van der Waals surface area (Å²) >= 11 is 0. The van der Waals surface area contributed by atoms with E-state index in [1.807, 2.05) is 32.0 Å². The number of aromatic amines is 1. The number of nitrogens with zero attached hydrogens (tertiary/aromatic N) is 4. The highest BCUT2D eigenvalue weighted by Gasteiger charge is 2.30. The fourth-order valence-corrected chi connectivity index (χ4v) is 5.85. The summed E-state index contributed by atoms with van der Waals surface area (Å²) in [6.07, 6.45) is 2.88. The molecule has 3 heterocycles. The standard InChI is InChI=1S/C26H33N7O4S/c1-4-8-20(27)23-24(28-3)26(34)31-25(30-23)19-17-18(10-11-21(19)37-5-2)38(35,36)33-15-13-32(14-16-33)22-9-6-7-12-29-22/h6-7,9-12,17,27-28H,4-5,8,13-16H2,1-3H3,(H,30,31,34).